The van der Waals surface area contributed by atoms with Crippen LogP contribution in [0.5, 0.6) is 0 Å². The summed E-state index contributed by atoms with van der Waals surface area (Å²) in [5.74, 6) is 1.90. The van der Waals surface area contributed by atoms with E-state index in [1.165, 1.54) is 0 Å². The maximum absolute atomic E-state index is 13.2. The van der Waals surface area contributed by atoms with Crippen molar-refractivity contribution in [3.05, 3.63) is 41.3 Å². The van der Waals surface area contributed by atoms with Gasteiger partial charge in [-0.3, -0.25) is 4.79 Å². The van der Waals surface area contributed by atoms with Gasteiger partial charge in [0.15, 0.2) is 0 Å². The number of fused-ring (bicyclic) bond motifs is 1. The van der Waals surface area contributed by atoms with Gasteiger partial charge in [0.25, 0.3) is 5.91 Å². The van der Waals surface area contributed by atoms with Gasteiger partial charge in [0, 0.05) is 18.8 Å². The molecule has 1 unspecified atom stereocenters. The van der Waals surface area contributed by atoms with Gasteiger partial charge in [0.05, 0.1) is 25.1 Å². The molecule has 1 amide bonds. The largest absolute Gasteiger partial charge is 0.467 e. The number of furan rings is 1. The van der Waals surface area contributed by atoms with Crippen molar-refractivity contribution in [2.75, 3.05) is 31.6 Å². The first-order valence-corrected chi connectivity index (χ1v) is 7.96. The average molecular weight is 329 g/mol. The molecule has 24 heavy (non-hydrogen) atoms. The van der Waals surface area contributed by atoms with E-state index in [4.69, 9.17) is 9.15 Å². The molecule has 0 spiro atoms. The minimum atomic E-state index is -0.423. The van der Waals surface area contributed by atoms with E-state index in [0.29, 0.717) is 49.4 Å². The fourth-order valence-corrected chi connectivity index (χ4v) is 3.18. The molecule has 0 aromatic carbocycles. The zero-order valence-corrected chi connectivity index (χ0v) is 13.7. The van der Waals surface area contributed by atoms with Crippen LogP contribution in [0.3, 0.4) is 0 Å². The first-order valence-electron chi connectivity index (χ1n) is 7.96. The number of anilines is 1. The number of amides is 1. The van der Waals surface area contributed by atoms with E-state index in [1.807, 2.05) is 30.9 Å². The topological polar surface area (TPSA) is 85.4 Å². The number of aromatic nitrogens is 3. The first-order chi connectivity index (χ1) is 11.6. The van der Waals surface area contributed by atoms with Crippen LogP contribution in [0.2, 0.25) is 0 Å². The van der Waals surface area contributed by atoms with Crippen LogP contribution in [0, 0.1) is 6.92 Å². The van der Waals surface area contributed by atoms with E-state index in [0.717, 1.165) is 5.70 Å². The number of carbonyl (C=O) groups is 1. The third-order valence-electron chi connectivity index (χ3n) is 4.30. The van der Waals surface area contributed by atoms with Gasteiger partial charge in [0.1, 0.15) is 17.6 Å². The molecule has 8 heteroatoms. The summed E-state index contributed by atoms with van der Waals surface area (Å²) in [5, 5.41) is 7.65. The molecule has 1 N–H and O–H groups in total. The molecule has 0 saturated carbocycles. The summed E-state index contributed by atoms with van der Waals surface area (Å²) in [4.78, 5) is 19.4. The zero-order valence-electron chi connectivity index (χ0n) is 13.7. The molecule has 8 nitrogen and oxygen atoms in total. The van der Waals surface area contributed by atoms with Gasteiger partial charge in [-0.05, 0) is 26.0 Å². The second kappa shape index (κ2) is 5.79. The molecule has 0 radical (unpaired) electrons. The van der Waals surface area contributed by atoms with Crippen LogP contribution in [0.15, 0.2) is 34.1 Å². The predicted octanol–water partition coefficient (Wildman–Crippen LogP) is 1.33. The Bertz CT molecular complexity index is 787. The molecule has 126 valence electrons. The van der Waals surface area contributed by atoms with Crippen LogP contribution in [-0.2, 0) is 9.53 Å². The third kappa shape index (κ3) is 2.39. The van der Waals surface area contributed by atoms with Crippen molar-refractivity contribution in [3.8, 4) is 0 Å². The number of nitrogens with zero attached hydrogens (tertiary/aromatic N) is 4. The van der Waals surface area contributed by atoms with E-state index in [9.17, 15) is 4.79 Å². The predicted molar refractivity (Wildman–Crippen MR) is 85.3 cm³/mol. The quantitative estimate of drug-likeness (QED) is 0.894. The Morgan fingerprint density at radius 3 is 2.83 bits per heavy atom. The number of aryl methyl sites for hydroxylation is 1. The van der Waals surface area contributed by atoms with E-state index in [1.54, 1.807) is 10.9 Å². The Labute approximate surface area is 139 Å². The normalized spacial score (nSPS) is 20.8. The number of carbonyl (C=O) groups excluding carboxylic acids is 1. The lowest BCUT2D eigenvalue weighted by Crippen LogP contribution is -2.44. The molecular weight excluding hydrogens is 310 g/mol. The Hall–Kier alpha value is -2.61. The molecule has 2 aromatic heterocycles. The highest BCUT2D eigenvalue weighted by molar-refractivity contribution is 5.96. The Morgan fingerprint density at radius 2 is 2.12 bits per heavy atom. The molecule has 2 aliphatic rings. The monoisotopic (exact) mass is 329 g/mol. The van der Waals surface area contributed by atoms with Gasteiger partial charge in [-0.2, -0.15) is 10.1 Å². The van der Waals surface area contributed by atoms with Gasteiger partial charge in [-0.1, -0.05) is 0 Å². The number of nitrogens with one attached hydrogen (secondary N) is 1. The van der Waals surface area contributed by atoms with Gasteiger partial charge < -0.3 is 19.4 Å². The van der Waals surface area contributed by atoms with Crippen molar-refractivity contribution >= 4 is 11.9 Å². The Balaban J connectivity index is 1.79. The standard InChI is InChI=1S/C16H19N5O3/c1-10-13(15(22)20-5-8-23-9-6-20)14(12-4-3-7-24-12)21-16(17-10)18-11(2)19-21/h3-4,7,14H,5-6,8-9H2,1-2H3,(H,17,18,19). The SMILES string of the molecule is CC1=C(C(=O)N2CCOCC2)C(c2ccco2)n2nc(C)nc2N1. The van der Waals surface area contributed by atoms with Crippen molar-refractivity contribution in [3.63, 3.8) is 0 Å². The Kier molecular flexibility index (Phi) is 3.61. The smallest absolute Gasteiger partial charge is 0.254 e. The third-order valence-corrected chi connectivity index (χ3v) is 4.30. The van der Waals surface area contributed by atoms with Crippen LogP contribution in [0.4, 0.5) is 5.95 Å². The summed E-state index contributed by atoms with van der Waals surface area (Å²) >= 11 is 0. The van der Waals surface area contributed by atoms with Crippen molar-refractivity contribution in [2.24, 2.45) is 0 Å². The summed E-state index contributed by atoms with van der Waals surface area (Å²) in [6.45, 7) is 6.00. The first kappa shape index (κ1) is 14.9. The lowest BCUT2D eigenvalue weighted by molar-refractivity contribution is -0.131. The fourth-order valence-electron chi connectivity index (χ4n) is 3.18. The van der Waals surface area contributed by atoms with Gasteiger partial charge in [-0.25, -0.2) is 4.68 Å². The van der Waals surface area contributed by atoms with Crippen LogP contribution < -0.4 is 5.32 Å². The number of hydrogen-bond acceptors (Lipinski definition) is 6. The van der Waals surface area contributed by atoms with E-state index in [-0.39, 0.29) is 5.91 Å². The number of hydrogen-bond donors (Lipinski definition) is 1. The zero-order chi connectivity index (χ0) is 16.7. The Morgan fingerprint density at radius 1 is 1.33 bits per heavy atom. The molecule has 0 bridgehead atoms. The highest BCUT2D eigenvalue weighted by Crippen LogP contribution is 2.36. The summed E-state index contributed by atoms with van der Waals surface area (Å²) in [5.41, 5.74) is 1.40. The summed E-state index contributed by atoms with van der Waals surface area (Å²) in [7, 11) is 0. The average Bonchev–Trinajstić information content (AvgIpc) is 3.22. The van der Waals surface area contributed by atoms with Gasteiger partial charge in [0.2, 0.25) is 5.95 Å². The highest BCUT2D eigenvalue weighted by atomic mass is 16.5. The second-order valence-corrected chi connectivity index (χ2v) is 5.91. The molecule has 2 aromatic rings. The number of rotatable bonds is 2. The highest BCUT2D eigenvalue weighted by Gasteiger charge is 2.37. The lowest BCUT2D eigenvalue weighted by Gasteiger charge is -2.32. The number of morpholine rings is 1. The fraction of sp³-hybridized carbons (Fsp3) is 0.438. The van der Waals surface area contributed by atoms with E-state index >= 15 is 0 Å². The molecule has 4 rings (SSSR count). The summed E-state index contributed by atoms with van der Waals surface area (Å²) in [6, 6.07) is 3.25. The maximum atomic E-state index is 13.2. The molecule has 1 fully saturated rings. The molecular formula is C16H19N5O3. The minimum absolute atomic E-state index is 0.0245. The molecule has 4 heterocycles. The van der Waals surface area contributed by atoms with Gasteiger partial charge in [-0.15, -0.1) is 0 Å². The van der Waals surface area contributed by atoms with Crippen LogP contribution >= 0.6 is 0 Å². The maximum Gasteiger partial charge on any atom is 0.254 e. The molecule has 2 aliphatic heterocycles. The van der Waals surface area contributed by atoms with Crippen LogP contribution in [0.1, 0.15) is 24.6 Å². The van der Waals surface area contributed by atoms with Crippen molar-refractivity contribution in [1.82, 2.24) is 19.7 Å². The van der Waals surface area contributed by atoms with Crippen molar-refractivity contribution in [1.29, 1.82) is 0 Å². The van der Waals surface area contributed by atoms with E-state index < -0.39 is 6.04 Å². The minimum Gasteiger partial charge on any atom is -0.467 e. The molecule has 1 atom stereocenters. The van der Waals surface area contributed by atoms with Gasteiger partial charge >= 0.3 is 0 Å². The number of ether oxygens (including phenoxy) is 1. The van der Waals surface area contributed by atoms with Crippen LogP contribution in [-0.4, -0.2) is 51.9 Å². The van der Waals surface area contributed by atoms with Crippen molar-refractivity contribution in [2.45, 2.75) is 19.9 Å². The second-order valence-electron chi connectivity index (χ2n) is 5.91. The van der Waals surface area contributed by atoms with Crippen molar-refractivity contribution < 1.29 is 13.9 Å². The summed E-state index contributed by atoms with van der Waals surface area (Å²) < 4.78 is 12.7. The molecule has 0 aliphatic carbocycles. The van der Waals surface area contributed by atoms with Crippen LogP contribution in [0.25, 0.3) is 0 Å². The lowest BCUT2D eigenvalue weighted by atomic mass is 9.99. The number of allylic oxidation sites excluding steroid dienone is 1. The molecule has 1 saturated heterocycles. The summed E-state index contributed by atoms with van der Waals surface area (Å²) in [6.07, 6.45) is 1.60. The van der Waals surface area contributed by atoms with E-state index in [2.05, 4.69) is 15.4 Å².